The van der Waals surface area contributed by atoms with Gasteiger partial charge in [-0.05, 0) is 21.1 Å². The Morgan fingerprint density at radius 3 is 2.00 bits per heavy atom. The van der Waals surface area contributed by atoms with Gasteiger partial charge in [0.25, 0.3) is 0 Å². The highest BCUT2D eigenvalue weighted by Gasteiger charge is 1.82. The fourth-order valence-electron chi connectivity index (χ4n) is 0.335. The van der Waals surface area contributed by atoms with E-state index < -0.39 is 0 Å². The minimum absolute atomic E-state index is 0. The Morgan fingerprint density at radius 1 is 1.38 bits per heavy atom. The first kappa shape index (κ1) is 10.8. The van der Waals surface area contributed by atoms with E-state index in [-0.39, 0.29) is 6.15 Å². The number of nitrogens with one attached hydrogen (secondary N) is 1. The van der Waals surface area contributed by atoms with Gasteiger partial charge in [0.2, 0.25) is 0 Å². The second kappa shape index (κ2) is 6.88. The molecule has 0 aromatic rings. The second-order valence-electron chi connectivity index (χ2n) is 1.91. The summed E-state index contributed by atoms with van der Waals surface area (Å²) in [6, 6.07) is 0. The van der Waals surface area contributed by atoms with Crippen LogP contribution in [0.3, 0.4) is 0 Å². The Kier molecular flexibility index (Phi) is 9.28. The smallest absolute Gasteiger partial charge is 0.0101 e. The molecular formula is C5H17N3. The zero-order valence-electron chi connectivity index (χ0n) is 6.07. The summed E-state index contributed by atoms with van der Waals surface area (Å²) in [6.07, 6.45) is 0. The Hall–Kier alpha value is -0.120. The van der Waals surface area contributed by atoms with Crippen molar-refractivity contribution in [3.8, 4) is 0 Å². The number of hydrogen-bond donors (Lipinski definition) is 2. The lowest BCUT2D eigenvalue weighted by atomic mass is 10.6. The van der Waals surface area contributed by atoms with Crippen molar-refractivity contribution in [2.75, 3.05) is 34.2 Å². The van der Waals surface area contributed by atoms with Crippen LogP contribution in [0.25, 0.3) is 0 Å². The molecule has 0 aromatic heterocycles. The summed E-state index contributed by atoms with van der Waals surface area (Å²) >= 11 is 0. The maximum Gasteiger partial charge on any atom is 0.0101 e. The summed E-state index contributed by atoms with van der Waals surface area (Å²) in [4.78, 5) is 2.15. The molecule has 0 fully saturated rings. The van der Waals surface area contributed by atoms with Crippen molar-refractivity contribution in [1.82, 2.24) is 16.4 Å². The van der Waals surface area contributed by atoms with Crippen molar-refractivity contribution in [1.29, 1.82) is 0 Å². The molecule has 0 aliphatic rings. The van der Waals surface area contributed by atoms with E-state index in [0.29, 0.717) is 0 Å². The molecule has 0 spiro atoms. The van der Waals surface area contributed by atoms with Crippen molar-refractivity contribution in [3.05, 3.63) is 0 Å². The van der Waals surface area contributed by atoms with Crippen molar-refractivity contribution < 1.29 is 0 Å². The van der Waals surface area contributed by atoms with Crippen LogP contribution in [0, 0.1) is 0 Å². The second-order valence-corrected chi connectivity index (χ2v) is 1.91. The predicted octanol–water partition coefficient (Wildman–Crippen LogP) is -0.0706. The molecule has 0 aliphatic heterocycles. The lowest BCUT2D eigenvalue weighted by Gasteiger charge is -2.06. The van der Waals surface area contributed by atoms with Crippen LogP contribution in [0.4, 0.5) is 0 Å². The van der Waals surface area contributed by atoms with Gasteiger partial charge in [-0.25, -0.2) is 0 Å². The highest BCUT2D eigenvalue weighted by Crippen LogP contribution is 1.66. The summed E-state index contributed by atoms with van der Waals surface area (Å²) in [6.45, 7) is 2.20. The Bertz CT molecular complexity index is 36.7. The van der Waals surface area contributed by atoms with Crippen LogP contribution in [0.2, 0.25) is 0 Å². The zero-order chi connectivity index (χ0) is 5.70. The fourth-order valence-corrected chi connectivity index (χ4v) is 0.335. The molecule has 3 nitrogen and oxygen atoms in total. The molecule has 0 unspecified atom stereocenters. The first-order chi connectivity index (χ1) is 3.27. The Labute approximate surface area is 51.6 Å². The quantitative estimate of drug-likeness (QED) is 0.546. The van der Waals surface area contributed by atoms with E-state index >= 15 is 0 Å². The van der Waals surface area contributed by atoms with Crippen LogP contribution < -0.4 is 11.5 Å². The highest BCUT2D eigenvalue weighted by atomic mass is 15.1. The van der Waals surface area contributed by atoms with Crippen molar-refractivity contribution in [3.63, 3.8) is 0 Å². The molecule has 8 heavy (non-hydrogen) atoms. The van der Waals surface area contributed by atoms with Crippen LogP contribution >= 0.6 is 0 Å². The summed E-state index contributed by atoms with van der Waals surface area (Å²) in [7, 11) is 6.10. The third-order valence-electron chi connectivity index (χ3n) is 0.809. The minimum Gasteiger partial charge on any atom is -0.344 e. The number of hydrogen-bond acceptors (Lipinski definition) is 3. The van der Waals surface area contributed by atoms with E-state index in [9.17, 15) is 0 Å². The van der Waals surface area contributed by atoms with E-state index in [2.05, 4.69) is 24.3 Å². The van der Waals surface area contributed by atoms with E-state index in [1.807, 2.05) is 7.05 Å². The molecule has 0 radical (unpaired) electrons. The minimum atomic E-state index is 0. The van der Waals surface area contributed by atoms with Crippen LogP contribution in [0.15, 0.2) is 0 Å². The molecule has 4 N–H and O–H groups in total. The third-order valence-corrected chi connectivity index (χ3v) is 0.809. The molecule has 0 atom stereocenters. The van der Waals surface area contributed by atoms with Crippen molar-refractivity contribution in [2.45, 2.75) is 0 Å². The summed E-state index contributed by atoms with van der Waals surface area (Å²) in [5.74, 6) is 0. The van der Waals surface area contributed by atoms with Gasteiger partial charge in [0.15, 0.2) is 0 Å². The molecule has 0 aromatic carbocycles. The van der Waals surface area contributed by atoms with E-state index in [0.717, 1.165) is 13.1 Å². The average molecular weight is 119 g/mol. The van der Waals surface area contributed by atoms with Crippen LogP contribution in [-0.2, 0) is 0 Å². The first-order valence-electron chi connectivity index (χ1n) is 2.56. The molecule has 0 bridgehead atoms. The molecular weight excluding hydrogens is 102 g/mol. The maximum atomic E-state index is 3.06. The van der Waals surface area contributed by atoms with Gasteiger partial charge in [-0.3, -0.25) is 0 Å². The maximum absolute atomic E-state index is 3.06. The molecule has 0 amide bonds. The normalized spacial score (nSPS) is 9.00. The van der Waals surface area contributed by atoms with Gasteiger partial charge in [0, 0.05) is 13.1 Å². The van der Waals surface area contributed by atoms with Gasteiger partial charge in [0.05, 0.1) is 0 Å². The number of nitrogens with zero attached hydrogens (tertiary/aromatic N) is 1. The number of rotatable bonds is 3. The van der Waals surface area contributed by atoms with Gasteiger partial charge in [-0.1, -0.05) is 0 Å². The molecule has 3 heteroatoms. The third kappa shape index (κ3) is 9.30. The standard InChI is InChI=1S/C5H14N2.H3N/c1-6-4-5-7(2)3;/h6H,4-5H2,1-3H3;1H3. The largest absolute Gasteiger partial charge is 0.344 e. The van der Waals surface area contributed by atoms with Gasteiger partial charge in [-0.2, -0.15) is 0 Å². The SMILES string of the molecule is CNCCN(C)C.N. The Balaban J connectivity index is 0. The van der Waals surface area contributed by atoms with Gasteiger partial charge in [0.1, 0.15) is 0 Å². The van der Waals surface area contributed by atoms with E-state index in [1.54, 1.807) is 0 Å². The lowest BCUT2D eigenvalue weighted by molar-refractivity contribution is 0.407. The summed E-state index contributed by atoms with van der Waals surface area (Å²) in [5, 5.41) is 3.06. The summed E-state index contributed by atoms with van der Waals surface area (Å²) < 4.78 is 0. The first-order valence-corrected chi connectivity index (χ1v) is 2.56. The van der Waals surface area contributed by atoms with E-state index in [1.165, 1.54) is 0 Å². The molecule has 52 valence electrons. The van der Waals surface area contributed by atoms with Crippen molar-refractivity contribution in [2.24, 2.45) is 0 Å². The van der Waals surface area contributed by atoms with Gasteiger partial charge < -0.3 is 16.4 Å². The molecule has 0 saturated heterocycles. The van der Waals surface area contributed by atoms with Crippen molar-refractivity contribution >= 4 is 0 Å². The molecule has 0 aliphatic carbocycles. The fraction of sp³-hybridized carbons (Fsp3) is 1.00. The number of likely N-dealkylation sites (N-methyl/N-ethyl adjacent to an activating group) is 2. The highest BCUT2D eigenvalue weighted by molar-refractivity contribution is 4.42. The Morgan fingerprint density at radius 2 is 1.88 bits per heavy atom. The van der Waals surface area contributed by atoms with Gasteiger partial charge in [-0.15, -0.1) is 0 Å². The van der Waals surface area contributed by atoms with E-state index in [4.69, 9.17) is 0 Å². The monoisotopic (exact) mass is 119 g/mol. The topological polar surface area (TPSA) is 50.3 Å². The van der Waals surface area contributed by atoms with Crippen LogP contribution in [0.1, 0.15) is 0 Å². The average Bonchev–Trinajstić information content (AvgIpc) is 1.61. The molecule has 0 heterocycles. The zero-order valence-corrected chi connectivity index (χ0v) is 6.07. The predicted molar refractivity (Wildman–Crippen MR) is 37.5 cm³/mol. The lowest BCUT2D eigenvalue weighted by Crippen LogP contribution is -2.23. The summed E-state index contributed by atoms with van der Waals surface area (Å²) in [5.41, 5.74) is 0. The molecule has 0 saturated carbocycles. The van der Waals surface area contributed by atoms with Crippen LogP contribution in [-0.4, -0.2) is 39.1 Å². The molecule has 0 rings (SSSR count). The van der Waals surface area contributed by atoms with Gasteiger partial charge >= 0.3 is 0 Å². The van der Waals surface area contributed by atoms with Crippen LogP contribution in [0.5, 0.6) is 0 Å².